The lowest BCUT2D eigenvalue weighted by atomic mass is 10.0. The zero-order chi connectivity index (χ0) is 16.4. The van der Waals surface area contributed by atoms with Gasteiger partial charge < -0.3 is 10.7 Å². The van der Waals surface area contributed by atoms with Gasteiger partial charge in [0.1, 0.15) is 0 Å². The monoisotopic (exact) mass is 410 g/mol. The minimum atomic E-state index is 0.711. The molecule has 5 heteroatoms. The molecule has 3 aromatic rings. The van der Waals surface area contributed by atoms with Crippen LogP contribution in [0.4, 0.5) is 0 Å². The van der Waals surface area contributed by atoms with Crippen molar-refractivity contribution in [1.29, 1.82) is 0 Å². The van der Waals surface area contributed by atoms with Crippen molar-refractivity contribution in [2.75, 3.05) is 6.54 Å². The maximum Gasteiger partial charge on any atom is 0.0658 e. The van der Waals surface area contributed by atoms with Crippen LogP contribution in [0.3, 0.4) is 0 Å². The lowest BCUT2D eigenvalue weighted by molar-refractivity contribution is 0.748. The Balaban J connectivity index is 2.16. The van der Waals surface area contributed by atoms with Crippen LogP contribution in [0.15, 0.2) is 40.9 Å². The Hall–Kier alpha value is -1.000. The maximum atomic E-state index is 6.42. The van der Waals surface area contributed by atoms with Crippen LogP contribution in [0.1, 0.15) is 18.4 Å². The van der Waals surface area contributed by atoms with Gasteiger partial charge in [0.15, 0.2) is 0 Å². The highest BCUT2D eigenvalue weighted by molar-refractivity contribution is 9.10. The first-order valence-corrected chi connectivity index (χ1v) is 9.10. The second-order valence-corrected chi connectivity index (χ2v) is 7.30. The third-order valence-electron chi connectivity index (χ3n) is 3.95. The highest BCUT2D eigenvalue weighted by Crippen LogP contribution is 2.37. The quantitative estimate of drug-likeness (QED) is 0.483. The number of aromatic amines is 1. The number of aryl methyl sites for hydroxylation is 1. The summed E-state index contributed by atoms with van der Waals surface area (Å²) in [5.74, 6) is 0. The molecule has 0 spiro atoms. The minimum Gasteiger partial charge on any atom is -0.353 e. The number of aromatic nitrogens is 1. The number of nitrogens with one attached hydrogen (secondary N) is 1. The van der Waals surface area contributed by atoms with Gasteiger partial charge in [-0.2, -0.15) is 0 Å². The van der Waals surface area contributed by atoms with Crippen molar-refractivity contribution in [3.05, 3.63) is 56.5 Å². The molecule has 0 amide bonds. The molecule has 23 heavy (non-hydrogen) atoms. The summed E-state index contributed by atoms with van der Waals surface area (Å²) < 4.78 is 0.983. The normalized spacial score (nSPS) is 11.3. The summed E-state index contributed by atoms with van der Waals surface area (Å²) in [5.41, 5.74) is 10.1. The molecule has 3 N–H and O–H groups in total. The van der Waals surface area contributed by atoms with Crippen LogP contribution in [0.5, 0.6) is 0 Å². The molecule has 0 atom stereocenters. The van der Waals surface area contributed by atoms with Gasteiger partial charge in [0, 0.05) is 20.6 Å². The van der Waals surface area contributed by atoms with Crippen molar-refractivity contribution in [2.45, 2.75) is 19.3 Å². The first-order valence-electron chi connectivity index (χ1n) is 7.55. The molecule has 0 aliphatic carbocycles. The average Bonchev–Trinajstić information content (AvgIpc) is 2.87. The van der Waals surface area contributed by atoms with Crippen molar-refractivity contribution in [3.63, 3.8) is 0 Å². The largest absolute Gasteiger partial charge is 0.353 e. The summed E-state index contributed by atoms with van der Waals surface area (Å²) in [5, 5.41) is 2.61. The molecule has 0 fully saturated rings. The number of nitrogens with two attached hydrogens (primary N) is 1. The minimum absolute atomic E-state index is 0.711. The van der Waals surface area contributed by atoms with Crippen LogP contribution >= 0.6 is 39.1 Å². The predicted octanol–water partition coefficient (Wildman–Crippen LogP) is 6.19. The van der Waals surface area contributed by atoms with E-state index < -0.39 is 0 Å². The number of hydrogen-bond acceptors (Lipinski definition) is 1. The summed E-state index contributed by atoms with van der Waals surface area (Å²) in [6.45, 7) is 0.711. The molecule has 2 nitrogen and oxygen atoms in total. The lowest BCUT2D eigenvalue weighted by Gasteiger charge is -2.05. The molecule has 2 aromatic carbocycles. The Kier molecular flexibility index (Phi) is 5.32. The molecule has 0 aliphatic heterocycles. The second-order valence-electron chi connectivity index (χ2n) is 5.54. The Morgan fingerprint density at radius 3 is 2.48 bits per heavy atom. The molecule has 0 saturated heterocycles. The van der Waals surface area contributed by atoms with Crippen molar-refractivity contribution in [1.82, 2.24) is 4.98 Å². The van der Waals surface area contributed by atoms with Crippen LogP contribution in [0, 0.1) is 0 Å². The fraction of sp³-hybridized carbons (Fsp3) is 0.222. The number of fused-ring (bicyclic) bond motifs is 1. The summed E-state index contributed by atoms with van der Waals surface area (Å²) in [4.78, 5) is 3.50. The smallest absolute Gasteiger partial charge is 0.0658 e. The van der Waals surface area contributed by atoms with Crippen LogP contribution in [-0.2, 0) is 6.42 Å². The number of H-pyrrole nitrogens is 1. The van der Waals surface area contributed by atoms with Gasteiger partial charge in [-0.1, -0.05) is 51.3 Å². The Bertz CT molecular complexity index is 825. The standard InChI is InChI=1S/C18H17BrCl2N2/c19-12-9-15-14(3-1-2-8-22)17(23-18(15)16(21)10-12)11-4-6-13(20)7-5-11/h4-7,9-10,23H,1-3,8,22H2. The van der Waals surface area contributed by atoms with E-state index in [1.54, 1.807) is 0 Å². The fourth-order valence-corrected chi connectivity index (χ4v) is 3.82. The molecule has 1 heterocycles. The molecule has 0 radical (unpaired) electrons. The van der Waals surface area contributed by atoms with Gasteiger partial charge in [-0.3, -0.25) is 0 Å². The number of benzene rings is 2. The van der Waals surface area contributed by atoms with Crippen LogP contribution < -0.4 is 5.73 Å². The van der Waals surface area contributed by atoms with Gasteiger partial charge in [-0.05, 0) is 61.2 Å². The molecule has 120 valence electrons. The first kappa shape index (κ1) is 16.8. The van der Waals surface area contributed by atoms with Gasteiger partial charge in [0.05, 0.1) is 10.5 Å². The molecule has 1 aromatic heterocycles. The third-order valence-corrected chi connectivity index (χ3v) is 4.95. The van der Waals surface area contributed by atoms with Crippen molar-refractivity contribution in [2.24, 2.45) is 5.73 Å². The zero-order valence-electron chi connectivity index (χ0n) is 12.5. The SMILES string of the molecule is NCCCCc1c(-c2ccc(Cl)cc2)[nH]c2c(Cl)cc(Br)cc12. The second kappa shape index (κ2) is 7.27. The van der Waals surface area contributed by atoms with Crippen LogP contribution in [0.2, 0.25) is 10.0 Å². The van der Waals surface area contributed by atoms with Gasteiger partial charge in [0.2, 0.25) is 0 Å². The van der Waals surface area contributed by atoms with E-state index in [2.05, 4.69) is 27.0 Å². The van der Waals surface area contributed by atoms with Crippen molar-refractivity contribution < 1.29 is 0 Å². The molecule has 3 rings (SSSR count). The predicted molar refractivity (Wildman–Crippen MR) is 103 cm³/mol. The molecule has 0 bridgehead atoms. The number of unbranched alkanes of at least 4 members (excludes halogenated alkanes) is 1. The summed E-state index contributed by atoms with van der Waals surface area (Å²) >= 11 is 16.0. The molecular weight excluding hydrogens is 395 g/mol. The highest BCUT2D eigenvalue weighted by atomic mass is 79.9. The van der Waals surface area contributed by atoms with Gasteiger partial charge in [-0.25, -0.2) is 0 Å². The Labute approximate surface area is 154 Å². The van der Waals surface area contributed by atoms with Crippen molar-refractivity contribution >= 4 is 50.0 Å². The lowest BCUT2D eigenvalue weighted by Crippen LogP contribution is -1.99. The van der Waals surface area contributed by atoms with E-state index in [-0.39, 0.29) is 0 Å². The zero-order valence-corrected chi connectivity index (χ0v) is 15.6. The topological polar surface area (TPSA) is 41.8 Å². The van der Waals surface area contributed by atoms with Gasteiger partial charge in [0.25, 0.3) is 0 Å². The van der Waals surface area contributed by atoms with E-state index in [4.69, 9.17) is 28.9 Å². The third kappa shape index (κ3) is 3.58. The van der Waals surface area contributed by atoms with E-state index >= 15 is 0 Å². The first-order chi connectivity index (χ1) is 11.1. The summed E-state index contributed by atoms with van der Waals surface area (Å²) in [7, 11) is 0. The number of halogens is 3. The van der Waals surface area contributed by atoms with Gasteiger partial charge in [-0.15, -0.1) is 0 Å². The van der Waals surface area contributed by atoms with E-state index in [0.717, 1.165) is 55.9 Å². The number of rotatable bonds is 5. The summed E-state index contributed by atoms with van der Waals surface area (Å²) in [6, 6.07) is 11.9. The highest BCUT2D eigenvalue weighted by Gasteiger charge is 2.15. The number of hydrogen-bond donors (Lipinski definition) is 2. The molecule has 0 aliphatic rings. The Morgan fingerprint density at radius 2 is 1.78 bits per heavy atom. The van der Waals surface area contributed by atoms with Crippen molar-refractivity contribution in [3.8, 4) is 11.3 Å². The fourth-order valence-electron chi connectivity index (χ4n) is 2.84. The Morgan fingerprint density at radius 1 is 1.04 bits per heavy atom. The van der Waals surface area contributed by atoms with E-state index in [1.807, 2.05) is 30.3 Å². The van der Waals surface area contributed by atoms with E-state index in [1.165, 1.54) is 5.56 Å². The van der Waals surface area contributed by atoms with Crippen LogP contribution in [0.25, 0.3) is 22.2 Å². The maximum absolute atomic E-state index is 6.42. The average molecular weight is 412 g/mol. The molecule has 0 saturated carbocycles. The summed E-state index contributed by atoms with van der Waals surface area (Å²) in [6.07, 6.45) is 3.02. The molecular formula is C18H17BrCl2N2. The van der Waals surface area contributed by atoms with Gasteiger partial charge >= 0.3 is 0 Å². The molecule has 0 unspecified atom stereocenters. The van der Waals surface area contributed by atoms with Crippen LogP contribution in [-0.4, -0.2) is 11.5 Å². The van der Waals surface area contributed by atoms with E-state index in [9.17, 15) is 0 Å². The van der Waals surface area contributed by atoms with E-state index in [0.29, 0.717) is 6.54 Å².